The van der Waals surface area contributed by atoms with Crippen molar-refractivity contribution < 1.29 is 19.2 Å². The van der Waals surface area contributed by atoms with Gasteiger partial charge < -0.3 is 9.40 Å². The standard InChI is InChI=1S/C32H26N2O4/c1-4-34-28-16-14-23(31(36)25-13-9-8-10-20(25)2)18-26(28)27-19-24(15-17-29(27)34)32(37)30(33-38-21(3)35)22-11-6-5-7-12-22/h5-19H,4H2,1-3H3/b33-30+. The molecule has 0 fully saturated rings. The molecule has 6 nitrogen and oxygen atoms in total. The molecule has 0 aliphatic carbocycles. The number of Topliss-reactive ketones (excluding diaryl/α,β-unsaturated/α-hetero) is 1. The fourth-order valence-corrected chi connectivity index (χ4v) is 4.78. The lowest BCUT2D eigenvalue weighted by molar-refractivity contribution is -0.140. The molecular formula is C32H26N2O4. The average molecular weight is 503 g/mol. The second-order valence-corrected chi connectivity index (χ2v) is 9.07. The molecule has 0 aliphatic heterocycles. The van der Waals surface area contributed by atoms with Crippen LogP contribution in [0, 0.1) is 6.92 Å². The van der Waals surface area contributed by atoms with Crippen LogP contribution in [0.15, 0.2) is 96.2 Å². The van der Waals surface area contributed by atoms with Gasteiger partial charge in [0.15, 0.2) is 11.5 Å². The van der Waals surface area contributed by atoms with Crippen molar-refractivity contribution in [2.45, 2.75) is 27.3 Å². The average Bonchev–Trinajstić information content (AvgIpc) is 3.25. The highest BCUT2D eigenvalue weighted by Crippen LogP contribution is 2.32. The molecule has 0 spiro atoms. The number of carbonyl (C=O) groups is 3. The molecule has 188 valence electrons. The molecule has 6 heteroatoms. The Kier molecular flexibility index (Phi) is 6.71. The van der Waals surface area contributed by atoms with Crippen LogP contribution < -0.4 is 0 Å². The van der Waals surface area contributed by atoms with Crippen molar-refractivity contribution >= 4 is 45.1 Å². The maximum absolute atomic E-state index is 13.6. The van der Waals surface area contributed by atoms with Crippen LogP contribution >= 0.6 is 0 Å². The van der Waals surface area contributed by atoms with Gasteiger partial charge in [0.25, 0.3) is 0 Å². The molecule has 0 amide bonds. The smallest absolute Gasteiger partial charge is 0.332 e. The van der Waals surface area contributed by atoms with Gasteiger partial charge in [0.05, 0.1) is 0 Å². The molecular weight excluding hydrogens is 476 g/mol. The second kappa shape index (κ2) is 10.3. The summed E-state index contributed by atoms with van der Waals surface area (Å²) in [7, 11) is 0. The maximum atomic E-state index is 13.6. The third kappa shape index (κ3) is 4.52. The van der Waals surface area contributed by atoms with E-state index in [2.05, 4.69) is 16.6 Å². The summed E-state index contributed by atoms with van der Waals surface area (Å²) in [5, 5.41) is 5.62. The van der Waals surface area contributed by atoms with Gasteiger partial charge in [-0.25, -0.2) is 4.79 Å². The predicted molar refractivity (Wildman–Crippen MR) is 149 cm³/mol. The Bertz CT molecular complexity index is 1750. The van der Waals surface area contributed by atoms with Gasteiger partial charge in [-0.05, 0) is 55.8 Å². The number of benzene rings is 4. The van der Waals surface area contributed by atoms with Crippen LogP contribution in [0.1, 0.15) is 51.3 Å². The van der Waals surface area contributed by atoms with E-state index in [1.165, 1.54) is 6.92 Å². The molecule has 0 bridgehead atoms. The van der Waals surface area contributed by atoms with E-state index in [1.54, 1.807) is 30.3 Å². The number of oxime groups is 1. The number of fused-ring (bicyclic) bond motifs is 3. The Morgan fingerprint density at radius 2 is 1.37 bits per heavy atom. The zero-order valence-electron chi connectivity index (χ0n) is 21.4. The zero-order valence-corrected chi connectivity index (χ0v) is 21.4. The maximum Gasteiger partial charge on any atom is 0.332 e. The van der Waals surface area contributed by atoms with E-state index in [4.69, 9.17) is 4.84 Å². The molecule has 0 unspecified atom stereocenters. The van der Waals surface area contributed by atoms with Crippen molar-refractivity contribution in [1.29, 1.82) is 0 Å². The highest BCUT2D eigenvalue weighted by molar-refractivity contribution is 6.51. The summed E-state index contributed by atoms with van der Waals surface area (Å²) in [5.41, 5.74) is 5.08. The van der Waals surface area contributed by atoms with E-state index < -0.39 is 5.97 Å². The number of nitrogens with zero attached hydrogens (tertiary/aromatic N) is 2. The Labute approximate surface area is 220 Å². The van der Waals surface area contributed by atoms with Crippen molar-refractivity contribution in [2.75, 3.05) is 0 Å². The summed E-state index contributed by atoms with van der Waals surface area (Å²) >= 11 is 0. The van der Waals surface area contributed by atoms with Crippen molar-refractivity contribution in [1.82, 2.24) is 4.57 Å². The minimum absolute atomic E-state index is 0.0369. The number of hydrogen-bond donors (Lipinski definition) is 0. The summed E-state index contributed by atoms with van der Waals surface area (Å²) in [6.07, 6.45) is 0. The van der Waals surface area contributed by atoms with Gasteiger partial charge in [0.1, 0.15) is 0 Å². The molecule has 0 saturated heterocycles. The molecule has 0 saturated carbocycles. The van der Waals surface area contributed by atoms with Gasteiger partial charge >= 0.3 is 5.97 Å². The quantitative estimate of drug-likeness (QED) is 0.110. The first-order valence-corrected chi connectivity index (χ1v) is 12.4. The molecule has 5 aromatic rings. The van der Waals surface area contributed by atoms with Crippen LogP contribution in [0.4, 0.5) is 0 Å². The van der Waals surface area contributed by atoms with Crippen molar-refractivity contribution in [3.8, 4) is 0 Å². The summed E-state index contributed by atoms with van der Waals surface area (Å²) in [4.78, 5) is 43.3. The monoisotopic (exact) mass is 502 g/mol. The first-order chi connectivity index (χ1) is 18.4. The van der Waals surface area contributed by atoms with Gasteiger partial charge in [-0.2, -0.15) is 0 Å². The van der Waals surface area contributed by atoms with Gasteiger partial charge in [-0.1, -0.05) is 59.8 Å². The Hall–Kier alpha value is -4.84. The molecule has 1 aromatic heterocycles. The van der Waals surface area contributed by atoms with E-state index in [1.807, 2.05) is 67.6 Å². The zero-order chi connectivity index (χ0) is 26.8. The van der Waals surface area contributed by atoms with E-state index >= 15 is 0 Å². The van der Waals surface area contributed by atoms with Crippen LogP contribution in [-0.4, -0.2) is 27.8 Å². The largest absolute Gasteiger partial charge is 0.341 e. The van der Waals surface area contributed by atoms with E-state index in [9.17, 15) is 14.4 Å². The SMILES string of the molecule is CCn1c2ccc(C(=O)/C(=N/OC(C)=O)c3ccccc3)cc2c2cc(C(=O)c3ccccc3C)ccc21. The van der Waals surface area contributed by atoms with Crippen molar-refractivity contribution in [2.24, 2.45) is 5.16 Å². The van der Waals surface area contributed by atoms with Crippen LogP contribution in [0.5, 0.6) is 0 Å². The molecule has 4 aromatic carbocycles. The van der Waals surface area contributed by atoms with Gasteiger partial charge in [-0.15, -0.1) is 0 Å². The molecule has 1 heterocycles. The summed E-state index contributed by atoms with van der Waals surface area (Å²) in [6.45, 7) is 5.94. The summed E-state index contributed by atoms with van der Waals surface area (Å²) in [6, 6.07) is 27.6. The van der Waals surface area contributed by atoms with Crippen molar-refractivity contribution in [3.63, 3.8) is 0 Å². The third-order valence-electron chi connectivity index (χ3n) is 6.62. The highest BCUT2D eigenvalue weighted by atomic mass is 16.7. The van der Waals surface area contributed by atoms with E-state index in [-0.39, 0.29) is 17.3 Å². The van der Waals surface area contributed by atoms with Crippen LogP contribution in [0.3, 0.4) is 0 Å². The summed E-state index contributed by atoms with van der Waals surface area (Å²) < 4.78 is 2.16. The topological polar surface area (TPSA) is 77.7 Å². The van der Waals surface area contributed by atoms with Crippen LogP contribution in [0.2, 0.25) is 0 Å². The molecule has 0 radical (unpaired) electrons. The molecule has 0 aliphatic rings. The van der Waals surface area contributed by atoms with Crippen molar-refractivity contribution in [3.05, 3.63) is 119 Å². The van der Waals surface area contributed by atoms with Gasteiger partial charge in [0.2, 0.25) is 5.78 Å². The molecule has 0 atom stereocenters. The first kappa shape index (κ1) is 24.8. The normalized spacial score (nSPS) is 11.6. The fraction of sp³-hybridized carbons (Fsp3) is 0.125. The van der Waals surface area contributed by atoms with Crippen LogP contribution in [0.25, 0.3) is 21.8 Å². The number of hydrogen-bond acceptors (Lipinski definition) is 5. The minimum atomic E-state index is -0.612. The fourth-order valence-electron chi connectivity index (χ4n) is 4.78. The summed E-state index contributed by atoms with van der Waals surface area (Å²) in [5.74, 6) is -1.03. The first-order valence-electron chi connectivity index (χ1n) is 12.4. The van der Waals surface area contributed by atoms with E-state index in [0.29, 0.717) is 22.3 Å². The van der Waals surface area contributed by atoms with Gasteiger partial charge in [0, 0.05) is 57.5 Å². The van der Waals surface area contributed by atoms with Crippen LogP contribution in [-0.2, 0) is 16.2 Å². The number of rotatable bonds is 7. The lowest BCUT2D eigenvalue weighted by atomic mass is 9.97. The Balaban J connectivity index is 1.65. The van der Waals surface area contributed by atoms with E-state index in [0.717, 1.165) is 33.9 Å². The van der Waals surface area contributed by atoms with Gasteiger partial charge in [-0.3, -0.25) is 9.59 Å². The lowest BCUT2D eigenvalue weighted by Gasteiger charge is -2.07. The number of aryl methyl sites for hydroxylation is 2. The number of ketones is 2. The predicted octanol–water partition coefficient (Wildman–Crippen LogP) is 6.50. The molecule has 0 N–H and O–H groups in total. The third-order valence-corrected chi connectivity index (χ3v) is 6.62. The Morgan fingerprint density at radius 3 is 2.00 bits per heavy atom. The molecule has 5 rings (SSSR count). The minimum Gasteiger partial charge on any atom is -0.341 e. The number of aromatic nitrogens is 1. The Morgan fingerprint density at radius 1 is 0.763 bits per heavy atom. The second-order valence-electron chi connectivity index (χ2n) is 9.07. The lowest BCUT2D eigenvalue weighted by Crippen LogP contribution is -2.17. The molecule has 38 heavy (non-hydrogen) atoms. The highest BCUT2D eigenvalue weighted by Gasteiger charge is 2.21. The number of carbonyl (C=O) groups excluding carboxylic acids is 3.